The lowest BCUT2D eigenvalue weighted by Gasteiger charge is -2.08. The first kappa shape index (κ1) is 11.1. The van der Waals surface area contributed by atoms with E-state index >= 15 is 0 Å². The number of para-hydroxylation sites is 1. The Morgan fingerprint density at radius 3 is 2.76 bits per heavy atom. The molecule has 5 nitrogen and oxygen atoms in total. The standard InChI is InChI=1S/C12H10N2O3/c1-8-4-2-3-5-10(8)17-11-9(12(15)16)6-7-13-14-11/h2-7H,1H3,(H,15,16). The number of nitrogens with zero attached hydrogens (tertiary/aromatic N) is 2. The van der Waals surface area contributed by atoms with Crippen molar-refractivity contribution in [3.05, 3.63) is 47.7 Å². The first-order valence-electron chi connectivity index (χ1n) is 4.97. The first-order valence-corrected chi connectivity index (χ1v) is 4.97. The van der Waals surface area contributed by atoms with Crippen molar-refractivity contribution in [3.63, 3.8) is 0 Å². The number of aryl methyl sites for hydroxylation is 1. The smallest absolute Gasteiger partial charge is 0.341 e. The molecule has 0 spiro atoms. The molecule has 0 aliphatic rings. The van der Waals surface area contributed by atoms with Gasteiger partial charge in [-0.05, 0) is 24.6 Å². The van der Waals surface area contributed by atoms with E-state index in [0.29, 0.717) is 5.75 Å². The average molecular weight is 230 g/mol. The van der Waals surface area contributed by atoms with Crippen LogP contribution in [0, 0.1) is 6.92 Å². The minimum absolute atomic E-state index is 0.00528. The highest BCUT2D eigenvalue weighted by atomic mass is 16.5. The molecule has 0 unspecified atom stereocenters. The van der Waals surface area contributed by atoms with Gasteiger partial charge in [0, 0.05) is 0 Å². The molecule has 0 saturated heterocycles. The van der Waals surface area contributed by atoms with Crippen LogP contribution in [0.15, 0.2) is 36.5 Å². The number of hydrogen-bond donors (Lipinski definition) is 1. The third-order valence-electron chi connectivity index (χ3n) is 2.22. The predicted molar refractivity (Wildman–Crippen MR) is 60.2 cm³/mol. The van der Waals surface area contributed by atoms with Gasteiger partial charge in [-0.25, -0.2) is 4.79 Å². The molecule has 17 heavy (non-hydrogen) atoms. The number of benzene rings is 1. The Balaban J connectivity index is 2.37. The molecule has 0 atom stereocenters. The van der Waals surface area contributed by atoms with Crippen molar-refractivity contribution in [2.75, 3.05) is 0 Å². The fourth-order valence-corrected chi connectivity index (χ4v) is 1.33. The SMILES string of the molecule is Cc1ccccc1Oc1nnccc1C(=O)O. The lowest BCUT2D eigenvalue weighted by molar-refractivity contribution is 0.0693. The highest BCUT2D eigenvalue weighted by molar-refractivity contribution is 5.90. The molecule has 1 aromatic carbocycles. The van der Waals surface area contributed by atoms with Crippen LogP contribution in [-0.2, 0) is 0 Å². The molecule has 1 aromatic heterocycles. The van der Waals surface area contributed by atoms with E-state index in [1.165, 1.54) is 12.3 Å². The lowest BCUT2D eigenvalue weighted by Crippen LogP contribution is -2.03. The fraction of sp³-hybridized carbons (Fsp3) is 0.0833. The van der Waals surface area contributed by atoms with E-state index in [9.17, 15) is 4.79 Å². The zero-order valence-corrected chi connectivity index (χ0v) is 9.12. The van der Waals surface area contributed by atoms with Crippen LogP contribution < -0.4 is 4.74 Å². The first-order chi connectivity index (χ1) is 8.18. The Labute approximate surface area is 97.7 Å². The molecular formula is C12H10N2O3. The minimum Gasteiger partial charge on any atom is -0.477 e. The summed E-state index contributed by atoms with van der Waals surface area (Å²) >= 11 is 0. The van der Waals surface area contributed by atoms with Gasteiger partial charge in [-0.1, -0.05) is 18.2 Å². The molecule has 0 aliphatic heterocycles. The van der Waals surface area contributed by atoms with Crippen LogP contribution in [0.2, 0.25) is 0 Å². The van der Waals surface area contributed by atoms with Gasteiger partial charge in [-0.2, -0.15) is 5.10 Å². The van der Waals surface area contributed by atoms with Gasteiger partial charge in [-0.3, -0.25) is 0 Å². The van der Waals surface area contributed by atoms with E-state index in [4.69, 9.17) is 9.84 Å². The second-order valence-electron chi connectivity index (χ2n) is 3.42. The summed E-state index contributed by atoms with van der Waals surface area (Å²) in [5.74, 6) is -0.534. The summed E-state index contributed by atoms with van der Waals surface area (Å²) in [6.07, 6.45) is 1.31. The van der Waals surface area contributed by atoms with Gasteiger partial charge < -0.3 is 9.84 Å². The van der Waals surface area contributed by atoms with Crippen molar-refractivity contribution in [1.29, 1.82) is 0 Å². The van der Waals surface area contributed by atoms with Crippen LogP contribution in [0.3, 0.4) is 0 Å². The van der Waals surface area contributed by atoms with Crippen LogP contribution in [-0.4, -0.2) is 21.3 Å². The number of ether oxygens (including phenoxy) is 1. The van der Waals surface area contributed by atoms with Gasteiger partial charge >= 0.3 is 5.97 Å². The van der Waals surface area contributed by atoms with Crippen molar-refractivity contribution >= 4 is 5.97 Å². The largest absolute Gasteiger partial charge is 0.477 e. The summed E-state index contributed by atoms with van der Waals surface area (Å²) in [7, 11) is 0. The molecule has 0 radical (unpaired) electrons. The van der Waals surface area contributed by atoms with E-state index in [2.05, 4.69) is 10.2 Å². The van der Waals surface area contributed by atoms with Gasteiger partial charge in [0.2, 0.25) is 0 Å². The molecule has 1 heterocycles. The van der Waals surface area contributed by atoms with Crippen LogP contribution in [0.25, 0.3) is 0 Å². The van der Waals surface area contributed by atoms with Crippen LogP contribution >= 0.6 is 0 Å². The van der Waals surface area contributed by atoms with E-state index in [1.807, 2.05) is 19.1 Å². The number of rotatable bonds is 3. The summed E-state index contributed by atoms with van der Waals surface area (Å²) in [5.41, 5.74) is 0.887. The quantitative estimate of drug-likeness (QED) is 0.875. The van der Waals surface area contributed by atoms with Crippen LogP contribution in [0.4, 0.5) is 0 Å². The molecule has 0 amide bonds. The maximum Gasteiger partial charge on any atom is 0.341 e. The number of aromatic nitrogens is 2. The van der Waals surface area contributed by atoms with Gasteiger partial charge in [0.05, 0.1) is 6.20 Å². The summed E-state index contributed by atoms with van der Waals surface area (Å²) in [6.45, 7) is 1.87. The molecule has 0 bridgehead atoms. The Hall–Kier alpha value is -2.43. The number of carbonyl (C=O) groups is 1. The van der Waals surface area contributed by atoms with Gasteiger partial charge in [0.15, 0.2) is 0 Å². The Bertz CT molecular complexity index is 555. The van der Waals surface area contributed by atoms with E-state index in [1.54, 1.807) is 12.1 Å². The second-order valence-corrected chi connectivity index (χ2v) is 3.42. The summed E-state index contributed by atoms with van der Waals surface area (Å²) < 4.78 is 5.45. The number of aromatic carboxylic acids is 1. The van der Waals surface area contributed by atoms with E-state index in [0.717, 1.165) is 5.56 Å². The average Bonchev–Trinajstić information content (AvgIpc) is 2.32. The monoisotopic (exact) mass is 230 g/mol. The molecule has 5 heteroatoms. The maximum absolute atomic E-state index is 10.9. The maximum atomic E-state index is 10.9. The van der Waals surface area contributed by atoms with Gasteiger partial charge in [0.25, 0.3) is 5.88 Å². The lowest BCUT2D eigenvalue weighted by atomic mass is 10.2. The fourth-order valence-electron chi connectivity index (χ4n) is 1.33. The molecule has 0 fully saturated rings. The highest BCUT2D eigenvalue weighted by Gasteiger charge is 2.14. The third kappa shape index (κ3) is 2.39. The topological polar surface area (TPSA) is 72.3 Å². The Morgan fingerprint density at radius 1 is 1.29 bits per heavy atom. The molecule has 86 valence electrons. The third-order valence-corrected chi connectivity index (χ3v) is 2.22. The number of carboxylic acids is 1. The molecule has 1 N–H and O–H groups in total. The normalized spacial score (nSPS) is 9.94. The van der Waals surface area contributed by atoms with E-state index < -0.39 is 5.97 Å². The molecule has 2 aromatic rings. The van der Waals surface area contributed by atoms with Crippen LogP contribution in [0.1, 0.15) is 15.9 Å². The summed E-state index contributed by atoms with van der Waals surface area (Å²) in [4.78, 5) is 10.9. The number of carboxylic acid groups (broad SMARTS) is 1. The molecule has 0 saturated carbocycles. The predicted octanol–water partition coefficient (Wildman–Crippen LogP) is 2.28. The minimum atomic E-state index is -1.09. The summed E-state index contributed by atoms with van der Waals surface area (Å²) in [6, 6.07) is 8.64. The van der Waals surface area contributed by atoms with Gasteiger partial charge in [-0.15, -0.1) is 5.10 Å². The zero-order chi connectivity index (χ0) is 12.3. The molecule has 0 aliphatic carbocycles. The Kier molecular flexibility index (Phi) is 3.00. The van der Waals surface area contributed by atoms with Crippen molar-refractivity contribution in [2.45, 2.75) is 6.92 Å². The Morgan fingerprint density at radius 2 is 2.06 bits per heavy atom. The highest BCUT2D eigenvalue weighted by Crippen LogP contribution is 2.24. The van der Waals surface area contributed by atoms with Crippen molar-refractivity contribution < 1.29 is 14.6 Å². The van der Waals surface area contributed by atoms with Crippen molar-refractivity contribution in [1.82, 2.24) is 10.2 Å². The van der Waals surface area contributed by atoms with Crippen molar-refractivity contribution in [3.8, 4) is 11.6 Å². The van der Waals surface area contributed by atoms with Gasteiger partial charge in [0.1, 0.15) is 11.3 Å². The van der Waals surface area contributed by atoms with Crippen LogP contribution in [0.5, 0.6) is 11.6 Å². The molecular weight excluding hydrogens is 220 g/mol. The molecule has 2 rings (SSSR count). The zero-order valence-electron chi connectivity index (χ0n) is 9.12. The second kappa shape index (κ2) is 4.61. The number of hydrogen-bond acceptors (Lipinski definition) is 4. The summed E-state index contributed by atoms with van der Waals surface area (Å²) in [5, 5.41) is 16.3. The van der Waals surface area contributed by atoms with E-state index in [-0.39, 0.29) is 11.4 Å². The van der Waals surface area contributed by atoms with Crippen molar-refractivity contribution in [2.24, 2.45) is 0 Å².